The van der Waals surface area contributed by atoms with Gasteiger partial charge in [0.2, 0.25) is 0 Å². The second kappa shape index (κ2) is 3.86. The summed E-state index contributed by atoms with van der Waals surface area (Å²) in [6.45, 7) is 2.06. The van der Waals surface area contributed by atoms with Crippen molar-refractivity contribution in [3.63, 3.8) is 0 Å². The minimum Gasteiger partial charge on any atom is -0.318 e. The van der Waals surface area contributed by atoms with Gasteiger partial charge in [-0.3, -0.25) is 0 Å². The number of aromatic nitrogens is 2. The van der Waals surface area contributed by atoms with Crippen LogP contribution in [0, 0.1) is 6.92 Å². The average molecular weight is 205 g/mol. The third kappa shape index (κ3) is 1.66. The van der Waals surface area contributed by atoms with E-state index < -0.39 is 0 Å². The molecule has 1 unspecified atom stereocenters. The first-order valence-electron chi connectivity index (χ1n) is 4.34. The minimum atomic E-state index is -0.127. The van der Waals surface area contributed by atoms with E-state index in [1.807, 2.05) is 11.4 Å². The molecule has 2 heterocycles. The zero-order valence-corrected chi connectivity index (χ0v) is 8.66. The Morgan fingerprint density at radius 3 is 2.86 bits per heavy atom. The molecule has 0 spiro atoms. The predicted octanol–water partition coefficient (Wildman–Crippen LogP) is 1.89. The lowest BCUT2D eigenvalue weighted by Gasteiger charge is -2.09. The topological polar surface area (TPSA) is 51.8 Å². The summed E-state index contributed by atoms with van der Waals surface area (Å²) in [4.78, 5) is 9.18. The first-order chi connectivity index (χ1) is 6.79. The number of hydrogen-bond donors (Lipinski definition) is 1. The van der Waals surface area contributed by atoms with Crippen LogP contribution in [-0.2, 0) is 0 Å². The summed E-state index contributed by atoms with van der Waals surface area (Å²) in [6, 6.07) is 3.79. The second-order valence-corrected chi connectivity index (χ2v) is 4.03. The van der Waals surface area contributed by atoms with Gasteiger partial charge in [-0.15, -0.1) is 11.3 Å². The molecule has 0 saturated carbocycles. The maximum Gasteiger partial charge on any atom is 0.115 e. The molecule has 0 bridgehead atoms. The van der Waals surface area contributed by atoms with Gasteiger partial charge in [-0.05, 0) is 30.0 Å². The third-order valence-electron chi connectivity index (χ3n) is 2.11. The van der Waals surface area contributed by atoms with Crippen molar-refractivity contribution in [2.24, 2.45) is 5.73 Å². The average Bonchev–Trinajstić information content (AvgIpc) is 2.65. The van der Waals surface area contributed by atoms with Gasteiger partial charge in [-0.25, -0.2) is 9.97 Å². The predicted molar refractivity (Wildman–Crippen MR) is 57.1 cm³/mol. The first-order valence-corrected chi connectivity index (χ1v) is 5.22. The molecule has 0 radical (unpaired) electrons. The molecule has 2 N–H and O–H groups in total. The Morgan fingerprint density at radius 2 is 2.29 bits per heavy atom. The molecule has 72 valence electrons. The zero-order chi connectivity index (χ0) is 9.97. The van der Waals surface area contributed by atoms with Gasteiger partial charge in [-0.1, -0.05) is 0 Å². The molecule has 0 fully saturated rings. The number of aryl methyl sites for hydroxylation is 1. The standard InChI is InChI=1S/C10H11N3S/c1-7-3-5-14-10(7)9(11)8-2-4-12-6-13-8/h2-6,9H,11H2,1H3. The lowest BCUT2D eigenvalue weighted by molar-refractivity contribution is 0.831. The molecule has 3 nitrogen and oxygen atoms in total. The van der Waals surface area contributed by atoms with E-state index in [0.717, 1.165) is 5.69 Å². The Balaban J connectivity index is 2.34. The maximum absolute atomic E-state index is 6.08. The van der Waals surface area contributed by atoms with Crippen molar-refractivity contribution in [1.29, 1.82) is 0 Å². The Morgan fingerprint density at radius 1 is 1.43 bits per heavy atom. The van der Waals surface area contributed by atoms with E-state index in [0.29, 0.717) is 0 Å². The fourth-order valence-electron chi connectivity index (χ4n) is 1.32. The SMILES string of the molecule is Cc1ccsc1C(N)c1ccncn1. The van der Waals surface area contributed by atoms with E-state index in [1.54, 1.807) is 17.5 Å². The maximum atomic E-state index is 6.08. The fraction of sp³-hybridized carbons (Fsp3) is 0.200. The number of rotatable bonds is 2. The van der Waals surface area contributed by atoms with Crippen LogP contribution in [0.4, 0.5) is 0 Å². The molecule has 2 rings (SSSR count). The van der Waals surface area contributed by atoms with E-state index in [4.69, 9.17) is 5.73 Å². The quantitative estimate of drug-likeness (QED) is 0.814. The molecular formula is C10H11N3S. The van der Waals surface area contributed by atoms with Crippen molar-refractivity contribution < 1.29 is 0 Å². The normalized spacial score (nSPS) is 12.7. The van der Waals surface area contributed by atoms with Gasteiger partial charge in [0, 0.05) is 11.1 Å². The fourth-order valence-corrected chi connectivity index (χ4v) is 2.26. The largest absolute Gasteiger partial charge is 0.318 e. The summed E-state index contributed by atoms with van der Waals surface area (Å²) >= 11 is 1.67. The first kappa shape index (κ1) is 9.30. The van der Waals surface area contributed by atoms with Crippen LogP contribution < -0.4 is 5.73 Å². The van der Waals surface area contributed by atoms with E-state index in [2.05, 4.69) is 23.0 Å². The Kier molecular flexibility index (Phi) is 2.56. The van der Waals surface area contributed by atoms with Crippen molar-refractivity contribution in [2.75, 3.05) is 0 Å². The van der Waals surface area contributed by atoms with Gasteiger partial charge in [-0.2, -0.15) is 0 Å². The molecule has 0 aliphatic heterocycles. The molecule has 0 aliphatic rings. The molecule has 4 heteroatoms. The highest BCUT2D eigenvalue weighted by molar-refractivity contribution is 7.10. The van der Waals surface area contributed by atoms with Crippen LogP contribution >= 0.6 is 11.3 Å². The van der Waals surface area contributed by atoms with Crippen molar-refractivity contribution in [2.45, 2.75) is 13.0 Å². The van der Waals surface area contributed by atoms with Crippen LogP contribution in [0.15, 0.2) is 30.0 Å². The molecular weight excluding hydrogens is 194 g/mol. The van der Waals surface area contributed by atoms with Crippen LogP contribution in [0.1, 0.15) is 22.2 Å². The Labute approximate surface area is 86.6 Å². The Hall–Kier alpha value is -1.26. The van der Waals surface area contributed by atoms with Gasteiger partial charge in [0.05, 0.1) is 11.7 Å². The summed E-state index contributed by atoms with van der Waals surface area (Å²) in [5.74, 6) is 0. The van der Waals surface area contributed by atoms with Crippen LogP contribution in [0.3, 0.4) is 0 Å². The zero-order valence-electron chi connectivity index (χ0n) is 7.84. The minimum absolute atomic E-state index is 0.127. The molecule has 0 amide bonds. The van der Waals surface area contributed by atoms with Crippen molar-refractivity contribution >= 4 is 11.3 Å². The summed E-state index contributed by atoms with van der Waals surface area (Å²) in [5, 5.41) is 2.05. The van der Waals surface area contributed by atoms with Crippen molar-refractivity contribution in [3.05, 3.63) is 46.2 Å². The number of hydrogen-bond acceptors (Lipinski definition) is 4. The highest BCUT2D eigenvalue weighted by atomic mass is 32.1. The number of thiophene rings is 1. The van der Waals surface area contributed by atoms with E-state index >= 15 is 0 Å². The van der Waals surface area contributed by atoms with Gasteiger partial charge in [0.25, 0.3) is 0 Å². The molecule has 2 aromatic heterocycles. The Bertz CT molecular complexity index is 410. The van der Waals surface area contributed by atoms with Crippen LogP contribution in [0.2, 0.25) is 0 Å². The highest BCUT2D eigenvalue weighted by Crippen LogP contribution is 2.25. The summed E-state index contributed by atoms with van der Waals surface area (Å²) in [6.07, 6.45) is 3.24. The van der Waals surface area contributed by atoms with Gasteiger partial charge in [0.15, 0.2) is 0 Å². The van der Waals surface area contributed by atoms with Gasteiger partial charge in [0.1, 0.15) is 6.33 Å². The third-order valence-corrected chi connectivity index (χ3v) is 3.21. The highest BCUT2D eigenvalue weighted by Gasteiger charge is 2.13. The van der Waals surface area contributed by atoms with E-state index in [1.165, 1.54) is 16.8 Å². The molecule has 1 atom stereocenters. The van der Waals surface area contributed by atoms with Crippen LogP contribution in [0.5, 0.6) is 0 Å². The van der Waals surface area contributed by atoms with E-state index in [9.17, 15) is 0 Å². The smallest absolute Gasteiger partial charge is 0.115 e. The summed E-state index contributed by atoms with van der Waals surface area (Å²) in [7, 11) is 0. The van der Waals surface area contributed by atoms with E-state index in [-0.39, 0.29) is 6.04 Å². The molecule has 14 heavy (non-hydrogen) atoms. The monoisotopic (exact) mass is 205 g/mol. The molecule has 0 saturated heterocycles. The second-order valence-electron chi connectivity index (χ2n) is 3.08. The van der Waals surface area contributed by atoms with Crippen molar-refractivity contribution in [3.8, 4) is 0 Å². The summed E-state index contributed by atoms with van der Waals surface area (Å²) < 4.78 is 0. The molecule has 2 aromatic rings. The summed E-state index contributed by atoms with van der Waals surface area (Å²) in [5.41, 5.74) is 8.17. The number of nitrogens with zero attached hydrogens (tertiary/aromatic N) is 2. The number of nitrogens with two attached hydrogens (primary N) is 1. The van der Waals surface area contributed by atoms with Crippen molar-refractivity contribution in [1.82, 2.24) is 9.97 Å². The lowest BCUT2D eigenvalue weighted by atomic mass is 10.1. The van der Waals surface area contributed by atoms with Crippen LogP contribution in [-0.4, -0.2) is 9.97 Å². The van der Waals surface area contributed by atoms with Gasteiger partial charge < -0.3 is 5.73 Å². The van der Waals surface area contributed by atoms with Gasteiger partial charge >= 0.3 is 0 Å². The molecule has 0 aliphatic carbocycles. The lowest BCUT2D eigenvalue weighted by Crippen LogP contribution is -2.12. The van der Waals surface area contributed by atoms with Crippen LogP contribution in [0.25, 0.3) is 0 Å². The molecule has 0 aromatic carbocycles.